The van der Waals surface area contributed by atoms with Gasteiger partial charge in [0, 0.05) is 16.9 Å². The van der Waals surface area contributed by atoms with Gasteiger partial charge in [-0.3, -0.25) is 4.79 Å². The molecule has 1 amide bonds. The summed E-state index contributed by atoms with van der Waals surface area (Å²) in [7, 11) is 1.72. The summed E-state index contributed by atoms with van der Waals surface area (Å²) in [5.74, 6) is 0.00682. The molecule has 1 aromatic heterocycles. The lowest BCUT2D eigenvalue weighted by Gasteiger charge is -2.05. The van der Waals surface area contributed by atoms with E-state index in [0.717, 1.165) is 20.9 Å². The molecule has 0 spiro atoms. The fourth-order valence-electron chi connectivity index (χ4n) is 2.45. The standard InChI is InChI=1S/C18H16BrN3O3/c1-11-9-12(7-8-14(11)19)25-10-16(23)20-21-17-13-5-3-4-6-15(13)22(2)18(17)24/h3-9,24H,10H2,1-2H3. The number of amides is 1. The third-order valence-corrected chi connectivity index (χ3v) is 4.69. The second kappa shape index (κ2) is 7.06. The zero-order valence-electron chi connectivity index (χ0n) is 13.7. The van der Waals surface area contributed by atoms with E-state index in [1.54, 1.807) is 17.7 Å². The number of carbonyl (C=O) groups is 1. The Bertz CT molecular complexity index is 979. The molecule has 0 bridgehead atoms. The molecule has 0 aliphatic heterocycles. The van der Waals surface area contributed by atoms with Gasteiger partial charge in [-0.2, -0.15) is 0 Å². The predicted molar refractivity (Wildman–Crippen MR) is 98.5 cm³/mol. The fourth-order valence-corrected chi connectivity index (χ4v) is 2.69. The molecular weight excluding hydrogens is 386 g/mol. The maximum atomic E-state index is 11.9. The number of hydrogen-bond donors (Lipinski definition) is 1. The van der Waals surface area contributed by atoms with Gasteiger partial charge in [0.1, 0.15) is 5.75 Å². The van der Waals surface area contributed by atoms with Crippen molar-refractivity contribution in [3.8, 4) is 11.6 Å². The van der Waals surface area contributed by atoms with Gasteiger partial charge in [0.05, 0.1) is 5.52 Å². The average molecular weight is 402 g/mol. The van der Waals surface area contributed by atoms with E-state index in [-0.39, 0.29) is 18.2 Å². The second-order valence-electron chi connectivity index (χ2n) is 5.54. The minimum absolute atomic E-state index is 0.0396. The molecule has 0 unspecified atom stereocenters. The molecule has 2 aromatic carbocycles. The Hall–Kier alpha value is -2.67. The normalized spacial score (nSPS) is 11.3. The molecule has 0 saturated heterocycles. The first kappa shape index (κ1) is 17.2. The zero-order chi connectivity index (χ0) is 18.0. The highest BCUT2D eigenvalue weighted by atomic mass is 79.9. The molecule has 1 heterocycles. The first-order valence-electron chi connectivity index (χ1n) is 7.57. The Labute approximate surface area is 152 Å². The number of aryl methyl sites for hydroxylation is 2. The lowest BCUT2D eigenvalue weighted by Crippen LogP contribution is -2.07. The maximum Gasteiger partial charge on any atom is 0.302 e. The van der Waals surface area contributed by atoms with Crippen LogP contribution < -0.4 is 4.74 Å². The average Bonchev–Trinajstić information content (AvgIpc) is 2.85. The van der Waals surface area contributed by atoms with Crippen molar-refractivity contribution in [1.29, 1.82) is 0 Å². The van der Waals surface area contributed by atoms with E-state index in [2.05, 4.69) is 26.2 Å². The highest BCUT2D eigenvalue weighted by molar-refractivity contribution is 9.10. The number of nitrogens with zero attached hydrogens (tertiary/aromatic N) is 3. The molecule has 3 aromatic rings. The van der Waals surface area contributed by atoms with Gasteiger partial charge in [0.2, 0.25) is 5.88 Å². The maximum absolute atomic E-state index is 11.9. The van der Waals surface area contributed by atoms with Crippen molar-refractivity contribution in [3.05, 3.63) is 52.5 Å². The Balaban J connectivity index is 1.73. The molecule has 0 aliphatic rings. The molecule has 1 N–H and O–H groups in total. The minimum atomic E-state index is -0.534. The summed E-state index contributed by atoms with van der Waals surface area (Å²) in [4.78, 5) is 11.9. The third-order valence-electron chi connectivity index (χ3n) is 3.80. The number of para-hydroxylation sites is 1. The molecule has 0 saturated carbocycles. The largest absolute Gasteiger partial charge is 0.493 e. The van der Waals surface area contributed by atoms with E-state index in [4.69, 9.17) is 4.74 Å². The zero-order valence-corrected chi connectivity index (χ0v) is 15.3. The van der Waals surface area contributed by atoms with E-state index in [1.807, 2.05) is 43.3 Å². The Morgan fingerprint density at radius 1 is 1.28 bits per heavy atom. The summed E-state index contributed by atoms with van der Waals surface area (Å²) in [6, 6.07) is 12.8. The van der Waals surface area contributed by atoms with Crippen LogP contribution in [-0.2, 0) is 11.8 Å². The number of fused-ring (bicyclic) bond motifs is 1. The van der Waals surface area contributed by atoms with Crippen LogP contribution in [0.4, 0.5) is 5.69 Å². The van der Waals surface area contributed by atoms with Crippen LogP contribution in [0.2, 0.25) is 0 Å². The molecule has 6 nitrogen and oxygen atoms in total. The minimum Gasteiger partial charge on any atom is -0.493 e. The molecule has 128 valence electrons. The summed E-state index contributed by atoms with van der Waals surface area (Å²) < 4.78 is 7.99. The molecule has 7 heteroatoms. The van der Waals surface area contributed by atoms with Crippen LogP contribution in [0.5, 0.6) is 11.6 Å². The molecule has 0 atom stereocenters. The number of hydrogen-bond acceptors (Lipinski definition) is 4. The number of ether oxygens (including phenoxy) is 1. The van der Waals surface area contributed by atoms with Crippen LogP contribution in [-0.4, -0.2) is 22.2 Å². The summed E-state index contributed by atoms with van der Waals surface area (Å²) in [6.45, 7) is 1.71. The molecule has 0 radical (unpaired) electrons. The van der Waals surface area contributed by atoms with Crippen LogP contribution in [0.3, 0.4) is 0 Å². The van der Waals surface area contributed by atoms with Gasteiger partial charge in [-0.05, 0) is 36.8 Å². The Morgan fingerprint density at radius 2 is 2.04 bits per heavy atom. The first-order valence-corrected chi connectivity index (χ1v) is 8.36. The van der Waals surface area contributed by atoms with Gasteiger partial charge in [-0.15, -0.1) is 10.2 Å². The fraction of sp³-hybridized carbons (Fsp3) is 0.167. The van der Waals surface area contributed by atoms with Crippen molar-refractivity contribution >= 4 is 38.4 Å². The van der Waals surface area contributed by atoms with Gasteiger partial charge in [0.15, 0.2) is 12.3 Å². The van der Waals surface area contributed by atoms with E-state index in [1.165, 1.54) is 0 Å². The van der Waals surface area contributed by atoms with Crippen molar-refractivity contribution in [2.45, 2.75) is 6.92 Å². The summed E-state index contributed by atoms with van der Waals surface area (Å²) in [5.41, 5.74) is 2.08. The van der Waals surface area contributed by atoms with Crippen molar-refractivity contribution in [1.82, 2.24) is 4.57 Å². The number of rotatable bonds is 4. The SMILES string of the molecule is Cc1cc(OCC(=O)N=Nc2c(O)n(C)c3ccccc23)ccc1Br. The molecular formula is C18H16BrN3O3. The lowest BCUT2D eigenvalue weighted by molar-refractivity contribution is -0.120. The van der Waals surface area contributed by atoms with E-state index >= 15 is 0 Å². The summed E-state index contributed by atoms with van der Waals surface area (Å²) >= 11 is 3.41. The quantitative estimate of drug-likeness (QED) is 0.646. The Morgan fingerprint density at radius 3 is 2.80 bits per heavy atom. The van der Waals surface area contributed by atoms with Crippen LogP contribution in [0, 0.1) is 6.92 Å². The van der Waals surface area contributed by atoms with Gasteiger partial charge in [-0.25, -0.2) is 0 Å². The smallest absolute Gasteiger partial charge is 0.302 e. The molecule has 0 aliphatic carbocycles. The van der Waals surface area contributed by atoms with Gasteiger partial charge in [-0.1, -0.05) is 34.1 Å². The molecule has 0 fully saturated rings. The topological polar surface area (TPSA) is 76.2 Å². The summed E-state index contributed by atoms with van der Waals surface area (Å²) in [5, 5.41) is 18.5. The second-order valence-corrected chi connectivity index (χ2v) is 6.40. The van der Waals surface area contributed by atoms with Crippen molar-refractivity contribution in [3.63, 3.8) is 0 Å². The van der Waals surface area contributed by atoms with Crippen LogP contribution in [0.15, 0.2) is 57.2 Å². The number of azo groups is 1. The third kappa shape index (κ3) is 3.56. The van der Waals surface area contributed by atoms with Crippen LogP contribution >= 0.6 is 15.9 Å². The summed E-state index contributed by atoms with van der Waals surface area (Å²) in [6.07, 6.45) is 0. The van der Waals surface area contributed by atoms with Crippen molar-refractivity contribution < 1.29 is 14.6 Å². The van der Waals surface area contributed by atoms with E-state index < -0.39 is 5.91 Å². The lowest BCUT2D eigenvalue weighted by atomic mass is 10.2. The molecule has 3 rings (SSSR count). The van der Waals surface area contributed by atoms with Crippen molar-refractivity contribution in [2.24, 2.45) is 17.3 Å². The van der Waals surface area contributed by atoms with Gasteiger partial charge >= 0.3 is 5.91 Å². The molecule has 25 heavy (non-hydrogen) atoms. The van der Waals surface area contributed by atoms with E-state index in [0.29, 0.717) is 5.75 Å². The first-order chi connectivity index (χ1) is 12.0. The number of benzene rings is 2. The van der Waals surface area contributed by atoms with Crippen LogP contribution in [0.1, 0.15) is 5.56 Å². The van der Waals surface area contributed by atoms with E-state index in [9.17, 15) is 9.90 Å². The highest BCUT2D eigenvalue weighted by Crippen LogP contribution is 2.37. The van der Waals surface area contributed by atoms with Gasteiger partial charge in [0.25, 0.3) is 0 Å². The Kier molecular flexibility index (Phi) is 4.85. The predicted octanol–water partition coefficient (Wildman–Crippen LogP) is 4.64. The number of carbonyl (C=O) groups excluding carboxylic acids is 1. The monoisotopic (exact) mass is 401 g/mol. The highest BCUT2D eigenvalue weighted by Gasteiger charge is 2.14. The number of aromatic nitrogens is 1. The van der Waals surface area contributed by atoms with Gasteiger partial charge < -0.3 is 14.4 Å². The number of halogens is 1. The number of aromatic hydroxyl groups is 1. The van der Waals surface area contributed by atoms with Crippen LogP contribution in [0.25, 0.3) is 10.9 Å². The van der Waals surface area contributed by atoms with Crippen molar-refractivity contribution in [2.75, 3.05) is 6.61 Å².